The minimum absolute atomic E-state index is 0.0440. The van der Waals surface area contributed by atoms with Crippen molar-refractivity contribution in [2.24, 2.45) is 5.92 Å². The van der Waals surface area contributed by atoms with Crippen molar-refractivity contribution in [1.82, 2.24) is 0 Å². The van der Waals surface area contributed by atoms with E-state index in [1.165, 1.54) is 0 Å². The molecule has 0 aromatic carbocycles. The lowest BCUT2D eigenvalue weighted by atomic mass is 9.85. The molecular formula is C5H8ClFO2S. The van der Waals surface area contributed by atoms with Crippen LogP contribution < -0.4 is 0 Å². The lowest BCUT2D eigenvalue weighted by Crippen LogP contribution is -2.29. The highest BCUT2D eigenvalue weighted by molar-refractivity contribution is 8.13. The number of halogens is 2. The number of hydrogen-bond donors (Lipinski definition) is 0. The van der Waals surface area contributed by atoms with Crippen molar-refractivity contribution >= 4 is 19.7 Å². The first-order valence-electron chi connectivity index (χ1n) is 3.04. The molecule has 1 fully saturated rings. The van der Waals surface area contributed by atoms with Crippen LogP contribution in [0.4, 0.5) is 4.39 Å². The van der Waals surface area contributed by atoms with Gasteiger partial charge in [-0.1, -0.05) is 0 Å². The molecule has 60 valence electrons. The van der Waals surface area contributed by atoms with Crippen LogP contribution in [-0.4, -0.2) is 20.3 Å². The van der Waals surface area contributed by atoms with Crippen LogP contribution in [0.15, 0.2) is 0 Å². The second-order valence-electron chi connectivity index (χ2n) is 2.64. The third kappa shape index (κ3) is 2.42. The van der Waals surface area contributed by atoms with Crippen molar-refractivity contribution < 1.29 is 12.8 Å². The third-order valence-corrected chi connectivity index (χ3v) is 2.86. The quantitative estimate of drug-likeness (QED) is 0.610. The molecule has 1 rings (SSSR count). The summed E-state index contributed by atoms with van der Waals surface area (Å²) >= 11 is 0. The Labute approximate surface area is 63.8 Å². The van der Waals surface area contributed by atoms with E-state index in [-0.39, 0.29) is 11.7 Å². The molecule has 0 atom stereocenters. The summed E-state index contributed by atoms with van der Waals surface area (Å²) in [4.78, 5) is 0. The molecule has 0 saturated heterocycles. The average Bonchev–Trinajstić information content (AvgIpc) is 1.57. The summed E-state index contributed by atoms with van der Waals surface area (Å²) in [5, 5.41) is 0. The fraction of sp³-hybridized carbons (Fsp3) is 1.00. The molecule has 0 bridgehead atoms. The van der Waals surface area contributed by atoms with E-state index in [0.29, 0.717) is 12.8 Å². The summed E-state index contributed by atoms with van der Waals surface area (Å²) in [6, 6.07) is 0. The van der Waals surface area contributed by atoms with Gasteiger partial charge in [0.2, 0.25) is 9.05 Å². The van der Waals surface area contributed by atoms with Gasteiger partial charge in [-0.05, 0) is 18.8 Å². The molecule has 0 N–H and O–H groups in total. The lowest BCUT2D eigenvalue weighted by Gasteiger charge is -2.27. The van der Waals surface area contributed by atoms with Crippen molar-refractivity contribution in [2.45, 2.75) is 19.0 Å². The van der Waals surface area contributed by atoms with Gasteiger partial charge in [-0.2, -0.15) is 0 Å². The Kier molecular flexibility index (Phi) is 2.20. The monoisotopic (exact) mass is 186 g/mol. The predicted molar refractivity (Wildman–Crippen MR) is 37.3 cm³/mol. The molecule has 0 aromatic heterocycles. The van der Waals surface area contributed by atoms with Crippen LogP contribution in [-0.2, 0) is 9.05 Å². The maximum absolute atomic E-state index is 12.1. The summed E-state index contributed by atoms with van der Waals surface area (Å²) in [6.07, 6.45) is -0.0961. The summed E-state index contributed by atoms with van der Waals surface area (Å²) in [5.74, 6) is -0.118. The van der Waals surface area contributed by atoms with Gasteiger partial charge in [0.25, 0.3) is 0 Å². The molecule has 10 heavy (non-hydrogen) atoms. The Hall–Kier alpha value is 0.170. The van der Waals surface area contributed by atoms with Gasteiger partial charge in [0.05, 0.1) is 5.75 Å². The second kappa shape index (κ2) is 2.66. The molecule has 0 spiro atoms. The minimum Gasteiger partial charge on any atom is -0.247 e. The van der Waals surface area contributed by atoms with Crippen LogP contribution in [0, 0.1) is 5.92 Å². The number of alkyl halides is 1. The van der Waals surface area contributed by atoms with E-state index in [4.69, 9.17) is 10.7 Å². The number of hydrogen-bond acceptors (Lipinski definition) is 2. The van der Waals surface area contributed by atoms with E-state index in [0.717, 1.165) is 0 Å². The lowest BCUT2D eigenvalue weighted by molar-refractivity contribution is 0.146. The first kappa shape index (κ1) is 8.27. The van der Waals surface area contributed by atoms with E-state index in [1.807, 2.05) is 0 Å². The molecule has 1 saturated carbocycles. The molecule has 0 aliphatic heterocycles. The molecule has 1 aliphatic rings. The van der Waals surface area contributed by atoms with Crippen LogP contribution in [0.25, 0.3) is 0 Å². The highest BCUT2D eigenvalue weighted by atomic mass is 35.7. The molecule has 0 aromatic rings. The van der Waals surface area contributed by atoms with Gasteiger partial charge in [0, 0.05) is 10.7 Å². The van der Waals surface area contributed by atoms with Gasteiger partial charge >= 0.3 is 0 Å². The Morgan fingerprint density at radius 2 is 2.00 bits per heavy atom. The third-order valence-electron chi connectivity index (χ3n) is 1.61. The minimum atomic E-state index is -3.40. The van der Waals surface area contributed by atoms with Crippen molar-refractivity contribution in [1.29, 1.82) is 0 Å². The van der Waals surface area contributed by atoms with Gasteiger partial charge in [-0.25, -0.2) is 12.8 Å². The van der Waals surface area contributed by atoms with Gasteiger partial charge in [0.1, 0.15) is 6.17 Å². The molecule has 0 heterocycles. The zero-order valence-corrected chi connectivity index (χ0v) is 6.83. The van der Waals surface area contributed by atoms with Gasteiger partial charge < -0.3 is 0 Å². The standard InChI is InChI=1S/C5H8ClFO2S/c6-10(8,9)3-4-1-5(7)2-4/h4-5H,1-3H2. The van der Waals surface area contributed by atoms with E-state index in [9.17, 15) is 12.8 Å². The van der Waals surface area contributed by atoms with Crippen molar-refractivity contribution in [2.75, 3.05) is 5.75 Å². The first-order chi connectivity index (χ1) is 4.47. The molecule has 0 unspecified atom stereocenters. The summed E-state index contributed by atoms with van der Waals surface area (Å²) in [6.45, 7) is 0. The highest BCUT2D eigenvalue weighted by Gasteiger charge is 2.31. The molecule has 1 aliphatic carbocycles. The van der Waals surface area contributed by atoms with Crippen molar-refractivity contribution in [3.8, 4) is 0 Å². The smallest absolute Gasteiger partial charge is 0.232 e. The van der Waals surface area contributed by atoms with Gasteiger partial charge in [-0.3, -0.25) is 0 Å². The fourth-order valence-electron chi connectivity index (χ4n) is 1.07. The average molecular weight is 187 g/mol. The van der Waals surface area contributed by atoms with E-state index in [1.54, 1.807) is 0 Å². The van der Waals surface area contributed by atoms with Crippen LogP contribution in [0.3, 0.4) is 0 Å². The summed E-state index contributed by atoms with van der Waals surface area (Å²) in [5.41, 5.74) is 0. The van der Waals surface area contributed by atoms with E-state index >= 15 is 0 Å². The maximum atomic E-state index is 12.1. The van der Waals surface area contributed by atoms with Gasteiger partial charge in [-0.15, -0.1) is 0 Å². The van der Waals surface area contributed by atoms with Crippen LogP contribution in [0.2, 0.25) is 0 Å². The molecule has 2 nitrogen and oxygen atoms in total. The van der Waals surface area contributed by atoms with Crippen LogP contribution >= 0.6 is 10.7 Å². The highest BCUT2D eigenvalue weighted by Crippen LogP contribution is 2.31. The topological polar surface area (TPSA) is 34.1 Å². The fourth-order valence-corrected chi connectivity index (χ4v) is 2.44. The predicted octanol–water partition coefficient (Wildman–Crippen LogP) is 1.30. The Morgan fingerprint density at radius 3 is 2.30 bits per heavy atom. The normalized spacial score (nSPS) is 33.4. The number of rotatable bonds is 2. The van der Waals surface area contributed by atoms with Crippen molar-refractivity contribution in [3.05, 3.63) is 0 Å². The molecule has 5 heteroatoms. The van der Waals surface area contributed by atoms with E-state index in [2.05, 4.69) is 0 Å². The van der Waals surface area contributed by atoms with E-state index < -0.39 is 15.2 Å². The van der Waals surface area contributed by atoms with Crippen LogP contribution in [0.1, 0.15) is 12.8 Å². The SMILES string of the molecule is O=S(=O)(Cl)CC1CC(F)C1. The zero-order chi connectivity index (χ0) is 7.78. The molecule has 0 radical (unpaired) electrons. The molecular weight excluding hydrogens is 179 g/mol. The first-order valence-corrected chi connectivity index (χ1v) is 5.51. The largest absolute Gasteiger partial charge is 0.247 e. The van der Waals surface area contributed by atoms with Crippen LogP contribution in [0.5, 0.6) is 0 Å². The zero-order valence-electron chi connectivity index (χ0n) is 5.26. The summed E-state index contributed by atoms with van der Waals surface area (Å²) < 4.78 is 32.9. The van der Waals surface area contributed by atoms with Crippen molar-refractivity contribution in [3.63, 3.8) is 0 Å². The Morgan fingerprint density at radius 1 is 1.50 bits per heavy atom. The Balaban J connectivity index is 2.30. The summed E-state index contributed by atoms with van der Waals surface area (Å²) in [7, 11) is 1.54. The van der Waals surface area contributed by atoms with Gasteiger partial charge in [0.15, 0.2) is 0 Å². The second-order valence-corrected chi connectivity index (χ2v) is 5.46. The maximum Gasteiger partial charge on any atom is 0.232 e. The Bertz CT molecular complexity index is 208. The molecule has 0 amide bonds.